The average Bonchev–Trinajstić information content (AvgIpc) is 3.37. The molecule has 1 aliphatic heterocycles. The Kier molecular flexibility index (Phi) is 4.34. The molecule has 3 heteroatoms. The molecule has 1 heterocycles. The third-order valence-corrected chi connectivity index (χ3v) is 5.18. The van der Waals surface area contributed by atoms with E-state index in [9.17, 15) is 0 Å². The van der Waals surface area contributed by atoms with E-state index in [-0.39, 0.29) is 0 Å². The van der Waals surface area contributed by atoms with E-state index in [1.807, 2.05) is 18.2 Å². The molecule has 0 radical (unpaired) electrons. The van der Waals surface area contributed by atoms with Crippen LogP contribution in [-0.2, 0) is 6.54 Å². The van der Waals surface area contributed by atoms with Gasteiger partial charge in [-0.2, -0.15) is 5.26 Å². The average molecular weight is 317 g/mol. The van der Waals surface area contributed by atoms with Crippen molar-refractivity contribution in [2.24, 2.45) is 5.92 Å². The number of benzene rings is 2. The highest BCUT2D eigenvalue weighted by Gasteiger charge is 2.38. The Balaban J connectivity index is 1.17. The molecule has 24 heavy (non-hydrogen) atoms. The summed E-state index contributed by atoms with van der Waals surface area (Å²) in [5.74, 6) is 1.48. The molecule has 1 saturated carbocycles. The van der Waals surface area contributed by atoms with Crippen LogP contribution in [0.1, 0.15) is 29.0 Å². The number of hydrogen-bond donors (Lipinski definition) is 1. The van der Waals surface area contributed by atoms with Gasteiger partial charge in [-0.05, 0) is 35.6 Å². The van der Waals surface area contributed by atoms with Crippen LogP contribution < -0.4 is 5.32 Å². The number of likely N-dealkylation sites (tertiary alicyclic amines) is 1. The summed E-state index contributed by atoms with van der Waals surface area (Å²) in [6, 6.07) is 21.7. The van der Waals surface area contributed by atoms with Gasteiger partial charge in [-0.3, -0.25) is 4.90 Å². The van der Waals surface area contributed by atoms with Crippen molar-refractivity contribution in [1.82, 2.24) is 10.2 Å². The van der Waals surface area contributed by atoms with Crippen LogP contribution in [0.5, 0.6) is 0 Å². The maximum Gasteiger partial charge on any atom is 0.0991 e. The summed E-state index contributed by atoms with van der Waals surface area (Å²) in [6.07, 6.45) is 1.28. The van der Waals surface area contributed by atoms with Crippen LogP contribution in [0.3, 0.4) is 0 Å². The fraction of sp³-hybridized carbons (Fsp3) is 0.381. The van der Waals surface area contributed by atoms with E-state index >= 15 is 0 Å². The molecule has 1 aliphatic carbocycles. The largest absolute Gasteiger partial charge is 0.313 e. The van der Waals surface area contributed by atoms with Crippen LogP contribution in [0, 0.1) is 17.2 Å². The van der Waals surface area contributed by atoms with Crippen LogP contribution in [-0.4, -0.2) is 30.6 Å². The van der Waals surface area contributed by atoms with Crippen molar-refractivity contribution < 1.29 is 0 Å². The number of rotatable bonds is 6. The predicted octanol–water partition coefficient (Wildman–Crippen LogP) is 3.14. The summed E-state index contributed by atoms with van der Waals surface area (Å²) in [5, 5.41) is 12.7. The van der Waals surface area contributed by atoms with Gasteiger partial charge in [0.05, 0.1) is 11.6 Å². The van der Waals surface area contributed by atoms with E-state index in [4.69, 9.17) is 5.26 Å². The van der Waals surface area contributed by atoms with E-state index in [0.29, 0.717) is 6.04 Å². The van der Waals surface area contributed by atoms with Gasteiger partial charge < -0.3 is 5.32 Å². The Labute approximate surface area is 143 Å². The molecule has 0 spiro atoms. The Morgan fingerprint density at radius 1 is 1.08 bits per heavy atom. The number of nitriles is 1. The van der Waals surface area contributed by atoms with E-state index in [1.165, 1.54) is 17.5 Å². The molecular formula is C21H23N3. The lowest BCUT2D eigenvalue weighted by Crippen LogP contribution is -2.50. The molecule has 2 aliphatic rings. The molecule has 0 amide bonds. The number of nitrogens with one attached hydrogen (secondary N) is 1. The third kappa shape index (κ3) is 3.51. The zero-order valence-corrected chi connectivity index (χ0v) is 13.9. The van der Waals surface area contributed by atoms with Gasteiger partial charge in [0.1, 0.15) is 0 Å². The Bertz CT molecular complexity index is 728. The molecule has 3 nitrogen and oxygen atoms in total. The van der Waals surface area contributed by atoms with E-state index in [0.717, 1.165) is 43.6 Å². The fourth-order valence-electron chi connectivity index (χ4n) is 3.74. The van der Waals surface area contributed by atoms with Gasteiger partial charge in [0.15, 0.2) is 0 Å². The van der Waals surface area contributed by atoms with Crippen molar-refractivity contribution in [2.45, 2.75) is 24.9 Å². The molecule has 2 aromatic carbocycles. The molecule has 1 N–H and O–H groups in total. The van der Waals surface area contributed by atoms with Crippen LogP contribution in [0.15, 0.2) is 54.6 Å². The lowest BCUT2D eigenvalue weighted by molar-refractivity contribution is 0.0914. The van der Waals surface area contributed by atoms with E-state index < -0.39 is 0 Å². The zero-order valence-electron chi connectivity index (χ0n) is 13.9. The van der Waals surface area contributed by atoms with Gasteiger partial charge in [-0.15, -0.1) is 0 Å². The second-order valence-corrected chi connectivity index (χ2v) is 7.14. The highest BCUT2D eigenvalue weighted by molar-refractivity contribution is 5.32. The van der Waals surface area contributed by atoms with Crippen LogP contribution in [0.25, 0.3) is 0 Å². The maximum absolute atomic E-state index is 8.97. The first kappa shape index (κ1) is 15.4. The number of nitrogens with zero attached hydrogens (tertiary/aromatic N) is 2. The second kappa shape index (κ2) is 6.76. The standard InChI is InChI=1S/C21H23N3/c22-11-16-5-4-6-17(9-16)13-24-14-18(15-24)12-23-21-10-20(21)19-7-2-1-3-8-19/h1-9,18,20-21,23H,10,12-15H2/t20?,21-/m0/s1. The lowest BCUT2D eigenvalue weighted by Gasteiger charge is -2.39. The molecular weight excluding hydrogens is 294 g/mol. The zero-order chi connectivity index (χ0) is 16.4. The van der Waals surface area contributed by atoms with Gasteiger partial charge in [0.2, 0.25) is 0 Å². The topological polar surface area (TPSA) is 39.1 Å². The first-order valence-electron chi connectivity index (χ1n) is 8.81. The molecule has 4 rings (SSSR count). The van der Waals surface area contributed by atoms with Crippen LogP contribution in [0.2, 0.25) is 0 Å². The summed E-state index contributed by atoms with van der Waals surface area (Å²) in [4.78, 5) is 2.46. The first-order valence-corrected chi connectivity index (χ1v) is 8.81. The third-order valence-electron chi connectivity index (χ3n) is 5.18. The molecule has 1 saturated heterocycles. The first-order chi connectivity index (χ1) is 11.8. The molecule has 2 atom stereocenters. The fourth-order valence-corrected chi connectivity index (χ4v) is 3.74. The molecule has 0 aromatic heterocycles. The Hall–Kier alpha value is -2.15. The molecule has 2 fully saturated rings. The van der Waals surface area contributed by atoms with Gasteiger partial charge in [-0.25, -0.2) is 0 Å². The summed E-state index contributed by atoms with van der Waals surface area (Å²) < 4.78 is 0. The molecule has 122 valence electrons. The van der Waals surface area contributed by atoms with Crippen molar-refractivity contribution in [3.63, 3.8) is 0 Å². The van der Waals surface area contributed by atoms with Gasteiger partial charge in [0, 0.05) is 38.1 Å². The summed E-state index contributed by atoms with van der Waals surface area (Å²) >= 11 is 0. The van der Waals surface area contributed by atoms with Crippen molar-refractivity contribution in [3.05, 3.63) is 71.3 Å². The second-order valence-electron chi connectivity index (χ2n) is 7.14. The summed E-state index contributed by atoms with van der Waals surface area (Å²) in [6.45, 7) is 4.41. The minimum absolute atomic E-state index is 0.675. The van der Waals surface area contributed by atoms with Gasteiger partial charge in [-0.1, -0.05) is 42.5 Å². The highest BCUT2D eigenvalue weighted by atomic mass is 15.2. The van der Waals surface area contributed by atoms with E-state index in [1.54, 1.807) is 0 Å². The Morgan fingerprint density at radius 3 is 2.71 bits per heavy atom. The Morgan fingerprint density at radius 2 is 1.92 bits per heavy atom. The number of hydrogen-bond acceptors (Lipinski definition) is 3. The minimum Gasteiger partial charge on any atom is -0.313 e. The molecule has 1 unspecified atom stereocenters. The van der Waals surface area contributed by atoms with Crippen molar-refractivity contribution in [3.8, 4) is 6.07 Å². The molecule has 0 bridgehead atoms. The van der Waals surface area contributed by atoms with Crippen molar-refractivity contribution in [1.29, 1.82) is 5.26 Å². The lowest BCUT2D eigenvalue weighted by atomic mass is 9.98. The summed E-state index contributed by atoms with van der Waals surface area (Å²) in [5.41, 5.74) is 3.47. The van der Waals surface area contributed by atoms with Crippen molar-refractivity contribution >= 4 is 0 Å². The normalized spacial score (nSPS) is 23.5. The quantitative estimate of drug-likeness (QED) is 0.889. The SMILES string of the molecule is N#Cc1cccc(CN2CC(CN[C@H]3CC3c3ccccc3)C2)c1. The smallest absolute Gasteiger partial charge is 0.0991 e. The van der Waals surface area contributed by atoms with Crippen molar-refractivity contribution in [2.75, 3.05) is 19.6 Å². The summed E-state index contributed by atoms with van der Waals surface area (Å²) in [7, 11) is 0. The van der Waals surface area contributed by atoms with Gasteiger partial charge >= 0.3 is 0 Å². The predicted molar refractivity (Wildman–Crippen MR) is 95.5 cm³/mol. The maximum atomic E-state index is 8.97. The monoisotopic (exact) mass is 317 g/mol. The molecule has 2 aromatic rings. The van der Waals surface area contributed by atoms with Crippen LogP contribution in [0.4, 0.5) is 0 Å². The highest BCUT2D eigenvalue weighted by Crippen LogP contribution is 2.40. The minimum atomic E-state index is 0.675. The van der Waals surface area contributed by atoms with E-state index in [2.05, 4.69) is 52.7 Å². The van der Waals surface area contributed by atoms with Crippen LogP contribution >= 0.6 is 0 Å². The van der Waals surface area contributed by atoms with Gasteiger partial charge in [0.25, 0.3) is 0 Å².